The lowest BCUT2D eigenvalue weighted by atomic mass is 10.1. The number of thioether (sulfide) groups is 1. The standard InChI is InChI=1S/C21H23IN2O3S/c1-21(2,3)27-19(26)13-24-17-12-15(22)8-9-16(17)23-20(24)28-11-10-14-6-4-5-7-18(14)25/h4-9,12,25H,10-11,13H2,1-3H3. The predicted octanol–water partition coefficient (Wildman–Crippen LogP) is 5.02. The second-order valence-corrected chi connectivity index (χ2v) is 9.73. The van der Waals surface area contributed by atoms with Crippen molar-refractivity contribution in [2.75, 3.05) is 5.75 Å². The van der Waals surface area contributed by atoms with Crippen molar-refractivity contribution >= 4 is 51.4 Å². The Morgan fingerprint density at radius 3 is 2.71 bits per heavy atom. The van der Waals surface area contributed by atoms with E-state index in [1.807, 2.05) is 61.7 Å². The highest BCUT2D eigenvalue weighted by atomic mass is 127. The number of aryl methyl sites for hydroxylation is 1. The number of carbonyl (C=O) groups is 1. The van der Waals surface area contributed by atoms with E-state index in [2.05, 4.69) is 22.6 Å². The molecule has 0 atom stereocenters. The molecular formula is C21H23IN2O3S. The summed E-state index contributed by atoms with van der Waals surface area (Å²) < 4.78 is 8.51. The number of imidazole rings is 1. The molecule has 5 nitrogen and oxygen atoms in total. The highest BCUT2D eigenvalue weighted by Gasteiger charge is 2.20. The number of halogens is 1. The van der Waals surface area contributed by atoms with E-state index < -0.39 is 5.60 Å². The van der Waals surface area contributed by atoms with Crippen molar-refractivity contribution in [1.82, 2.24) is 9.55 Å². The molecule has 3 aromatic rings. The molecule has 1 aromatic heterocycles. The molecule has 1 N–H and O–H groups in total. The van der Waals surface area contributed by atoms with Crippen LogP contribution in [-0.2, 0) is 22.5 Å². The van der Waals surface area contributed by atoms with Gasteiger partial charge in [-0.2, -0.15) is 0 Å². The zero-order valence-corrected chi connectivity index (χ0v) is 19.1. The third-order valence-corrected chi connectivity index (χ3v) is 5.63. The smallest absolute Gasteiger partial charge is 0.326 e. The first-order chi connectivity index (χ1) is 13.2. The molecule has 2 aromatic carbocycles. The molecule has 0 aliphatic carbocycles. The highest BCUT2D eigenvalue weighted by molar-refractivity contribution is 14.1. The maximum absolute atomic E-state index is 12.4. The SMILES string of the molecule is CC(C)(C)OC(=O)Cn1c(SCCc2ccccc2O)nc2ccc(I)cc21. The van der Waals surface area contributed by atoms with Gasteiger partial charge in [0.2, 0.25) is 0 Å². The maximum Gasteiger partial charge on any atom is 0.326 e. The second kappa shape index (κ2) is 8.73. The van der Waals surface area contributed by atoms with Crippen molar-refractivity contribution in [3.8, 4) is 5.75 Å². The number of aromatic nitrogens is 2. The van der Waals surface area contributed by atoms with Crippen LogP contribution in [0.3, 0.4) is 0 Å². The predicted molar refractivity (Wildman–Crippen MR) is 121 cm³/mol. The first-order valence-electron chi connectivity index (χ1n) is 9.00. The van der Waals surface area contributed by atoms with E-state index in [9.17, 15) is 9.90 Å². The Bertz CT molecular complexity index is 995. The van der Waals surface area contributed by atoms with E-state index in [1.54, 1.807) is 17.8 Å². The van der Waals surface area contributed by atoms with Gasteiger partial charge in [-0.25, -0.2) is 4.98 Å². The average Bonchev–Trinajstić information content (AvgIpc) is 2.92. The number of hydrogen-bond acceptors (Lipinski definition) is 5. The van der Waals surface area contributed by atoms with Gasteiger partial charge in [0, 0.05) is 9.32 Å². The molecule has 0 aliphatic rings. The van der Waals surface area contributed by atoms with E-state index in [4.69, 9.17) is 9.72 Å². The number of carbonyl (C=O) groups excluding carboxylic acids is 1. The van der Waals surface area contributed by atoms with Gasteiger partial charge in [-0.05, 0) is 79.6 Å². The number of phenols is 1. The quantitative estimate of drug-likeness (QED) is 0.287. The first kappa shape index (κ1) is 21.0. The Morgan fingerprint density at radius 2 is 2.00 bits per heavy atom. The van der Waals surface area contributed by atoms with Crippen LogP contribution >= 0.6 is 34.4 Å². The van der Waals surface area contributed by atoms with Gasteiger partial charge in [0.1, 0.15) is 17.9 Å². The molecule has 0 spiro atoms. The number of nitrogens with zero attached hydrogens (tertiary/aromatic N) is 2. The number of phenolic OH excluding ortho intramolecular Hbond substituents is 1. The second-order valence-electron chi connectivity index (χ2n) is 7.43. The lowest BCUT2D eigenvalue weighted by Crippen LogP contribution is -2.26. The number of fused-ring (bicyclic) bond motifs is 1. The minimum atomic E-state index is -0.528. The van der Waals surface area contributed by atoms with Crippen molar-refractivity contribution in [1.29, 1.82) is 0 Å². The van der Waals surface area contributed by atoms with Crippen LogP contribution in [0.15, 0.2) is 47.6 Å². The summed E-state index contributed by atoms with van der Waals surface area (Å²) >= 11 is 3.83. The van der Waals surface area contributed by atoms with Crippen LogP contribution in [0.4, 0.5) is 0 Å². The molecule has 7 heteroatoms. The third kappa shape index (κ3) is 5.41. The van der Waals surface area contributed by atoms with Crippen LogP contribution in [-0.4, -0.2) is 32.0 Å². The number of ether oxygens (including phenoxy) is 1. The number of para-hydroxylation sites is 1. The van der Waals surface area contributed by atoms with Gasteiger partial charge in [0.25, 0.3) is 0 Å². The first-order valence-corrected chi connectivity index (χ1v) is 11.1. The topological polar surface area (TPSA) is 64.3 Å². The number of aromatic hydroxyl groups is 1. The van der Waals surface area contributed by atoms with E-state index >= 15 is 0 Å². The number of esters is 1. The average molecular weight is 510 g/mol. The Morgan fingerprint density at radius 1 is 1.25 bits per heavy atom. The van der Waals surface area contributed by atoms with Crippen molar-refractivity contribution in [3.05, 3.63) is 51.6 Å². The maximum atomic E-state index is 12.4. The van der Waals surface area contributed by atoms with E-state index in [-0.39, 0.29) is 12.5 Å². The molecule has 28 heavy (non-hydrogen) atoms. The lowest BCUT2D eigenvalue weighted by Gasteiger charge is -2.20. The fourth-order valence-electron chi connectivity index (χ4n) is 2.81. The van der Waals surface area contributed by atoms with Crippen molar-refractivity contribution in [2.24, 2.45) is 0 Å². The summed E-state index contributed by atoms with van der Waals surface area (Å²) in [6.45, 7) is 5.71. The fourth-order valence-corrected chi connectivity index (χ4v) is 4.28. The van der Waals surface area contributed by atoms with E-state index in [1.165, 1.54) is 0 Å². The van der Waals surface area contributed by atoms with Gasteiger partial charge in [-0.3, -0.25) is 4.79 Å². The molecule has 0 saturated carbocycles. The molecular weight excluding hydrogens is 487 g/mol. The molecule has 0 radical (unpaired) electrons. The van der Waals surface area contributed by atoms with Gasteiger partial charge < -0.3 is 14.4 Å². The molecule has 0 fully saturated rings. The van der Waals surface area contributed by atoms with E-state index in [0.29, 0.717) is 12.2 Å². The van der Waals surface area contributed by atoms with Gasteiger partial charge in [0.15, 0.2) is 5.16 Å². The van der Waals surface area contributed by atoms with Crippen molar-refractivity contribution in [2.45, 2.75) is 44.5 Å². The largest absolute Gasteiger partial charge is 0.508 e. The van der Waals surface area contributed by atoms with Crippen LogP contribution in [0.1, 0.15) is 26.3 Å². The molecule has 0 aliphatic heterocycles. The Balaban J connectivity index is 1.82. The van der Waals surface area contributed by atoms with Crippen LogP contribution < -0.4 is 0 Å². The van der Waals surface area contributed by atoms with Gasteiger partial charge in [0.05, 0.1) is 11.0 Å². The minimum absolute atomic E-state index is 0.118. The zero-order valence-electron chi connectivity index (χ0n) is 16.1. The normalized spacial score (nSPS) is 11.7. The molecule has 148 valence electrons. The molecule has 0 bridgehead atoms. The summed E-state index contributed by atoms with van der Waals surface area (Å²) in [5, 5.41) is 10.7. The third-order valence-electron chi connectivity index (χ3n) is 3.98. The Labute approximate surface area is 182 Å². The Hall–Kier alpha value is -1.74. The summed E-state index contributed by atoms with van der Waals surface area (Å²) in [5.41, 5.74) is 2.15. The van der Waals surface area contributed by atoms with Gasteiger partial charge in [-0.15, -0.1) is 0 Å². The summed E-state index contributed by atoms with van der Waals surface area (Å²) in [7, 11) is 0. The van der Waals surface area contributed by atoms with E-state index in [0.717, 1.165) is 31.1 Å². The number of rotatable bonds is 6. The van der Waals surface area contributed by atoms with Gasteiger partial charge >= 0.3 is 5.97 Å². The fraction of sp³-hybridized carbons (Fsp3) is 0.333. The monoisotopic (exact) mass is 510 g/mol. The van der Waals surface area contributed by atoms with Crippen LogP contribution in [0, 0.1) is 3.57 Å². The highest BCUT2D eigenvalue weighted by Crippen LogP contribution is 2.27. The van der Waals surface area contributed by atoms with Crippen LogP contribution in [0.2, 0.25) is 0 Å². The minimum Gasteiger partial charge on any atom is -0.508 e. The molecule has 0 unspecified atom stereocenters. The molecule has 0 amide bonds. The van der Waals surface area contributed by atoms with Crippen molar-refractivity contribution in [3.63, 3.8) is 0 Å². The number of benzene rings is 2. The summed E-state index contributed by atoms with van der Waals surface area (Å²) in [6.07, 6.45) is 0.713. The Kier molecular flexibility index (Phi) is 6.54. The van der Waals surface area contributed by atoms with Crippen molar-refractivity contribution < 1.29 is 14.6 Å². The molecule has 1 heterocycles. The summed E-state index contributed by atoms with van der Waals surface area (Å²) in [6, 6.07) is 13.3. The molecule has 3 rings (SSSR count). The van der Waals surface area contributed by atoms with Crippen LogP contribution in [0.5, 0.6) is 5.75 Å². The lowest BCUT2D eigenvalue weighted by molar-refractivity contribution is -0.155. The summed E-state index contributed by atoms with van der Waals surface area (Å²) in [5.74, 6) is 0.764. The van der Waals surface area contributed by atoms with Crippen LogP contribution in [0.25, 0.3) is 11.0 Å². The zero-order chi connectivity index (χ0) is 20.3. The molecule has 0 saturated heterocycles. The van der Waals surface area contributed by atoms with Gasteiger partial charge in [-0.1, -0.05) is 30.0 Å². The number of hydrogen-bond donors (Lipinski definition) is 1. The summed E-state index contributed by atoms with van der Waals surface area (Å²) in [4.78, 5) is 17.1.